The van der Waals surface area contributed by atoms with Crippen molar-refractivity contribution in [3.63, 3.8) is 0 Å². The molecule has 0 amide bonds. The van der Waals surface area contributed by atoms with Gasteiger partial charge < -0.3 is 10.1 Å². The molecule has 3 atom stereocenters. The molecule has 2 aliphatic rings. The number of para-hydroxylation sites is 1. The summed E-state index contributed by atoms with van der Waals surface area (Å²) in [4.78, 5) is 2.65. The van der Waals surface area contributed by atoms with E-state index in [1.807, 2.05) is 12.1 Å². The number of hydrogen-bond donors (Lipinski definition) is 1. The van der Waals surface area contributed by atoms with Crippen LogP contribution in [0.15, 0.2) is 24.3 Å². The summed E-state index contributed by atoms with van der Waals surface area (Å²) >= 11 is 0. The van der Waals surface area contributed by atoms with Gasteiger partial charge in [-0.15, -0.1) is 0 Å². The molecule has 2 aliphatic heterocycles. The van der Waals surface area contributed by atoms with Gasteiger partial charge in [0.05, 0.1) is 7.11 Å². The Bertz CT molecular complexity index is 435. The normalized spacial score (nSPS) is 28.3. The maximum atomic E-state index is 5.47. The molecule has 0 aromatic heterocycles. The summed E-state index contributed by atoms with van der Waals surface area (Å²) in [6, 6.07) is 10.1. The van der Waals surface area contributed by atoms with Gasteiger partial charge in [-0.1, -0.05) is 18.2 Å². The highest BCUT2D eigenvalue weighted by atomic mass is 16.5. The van der Waals surface area contributed by atoms with Crippen molar-refractivity contribution in [3.05, 3.63) is 29.8 Å². The lowest BCUT2D eigenvalue weighted by atomic mass is 10.0. The van der Waals surface area contributed by atoms with Crippen molar-refractivity contribution in [2.45, 2.75) is 44.3 Å². The fraction of sp³-hybridized carbons (Fsp3) is 0.625. The van der Waals surface area contributed by atoms with E-state index in [4.69, 9.17) is 4.74 Å². The van der Waals surface area contributed by atoms with Crippen LogP contribution < -0.4 is 10.1 Å². The van der Waals surface area contributed by atoms with Gasteiger partial charge in [-0.2, -0.15) is 0 Å². The Morgan fingerprint density at radius 3 is 2.95 bits per heavy atom. The van der Waals surface area contributed by atoms with Crippen molar-refractivity contribution in [2.75, 3.05) is 20.2 Å². The van der Waals surface area contributed by atoms with Crippen LogP contribution in [0.1, 0.15) is 37.8 Å². The van der Waals surface area contributed by atoms with E-state index in [-0.39, 0.29) is 0 Å². The van der Waals surface area contributed by atoms with Crippen LogP contribution in [0.2, 0.25) is 0 Å². The molecule has 1 aromatic rings. The van der Waals surface area contributed by atoms with Gasteiger partial charge in [-0.3, -0.25) is 4.90 Å². The van der Waals surface area contributed by atoms with Crippen LogP contribution in [0.4, 0.5) is 0 Å². The van der Waals surface area contributed by atoms with Gasteiger partial charge in [0.25, 0.3) is 0 Å². The minimum atomic E-state index is 0.349. The first-order chi connectivity index (χ1) is 9.29. The van der Waals surface area contributed by atoms with Gasteiger partial charge in [0.15, 0.2) is 0 Å². The maximum Gasteiger partial charge on any atom is 0.123 e. The van der Waals surface area contributed by atoms with E-state index in [1.165, 1.54) is 37.9 Å². The van der Waals surface area contributed by atoms with Crippen LogP contribution in [-0.4, -0.2) is 37.2 Å². The predicted molar refractivity (Wildman–Crippen MR) is 77.5 cm³/mol. The molecule has 3 rings (SSSR count). The quantitative estimate of drug-likeness (QED) is 0.900. The second kappa shape index (κ2) is 5.51. The molecule has 1 aromatic carbocycles. The van der Waals surface area contributed by atoms with Gasteiger partial charge in [0, 0.05) is 30.2 Å². The summed E-state index contributed by atoms with van der Waals surface area (Å²) in [6.07, 6.45) is 4.01. The standard InChI is InChI=1S/C16H24N2O/c1-12(13-6-3-4-8-16(13)19-2)17-14-9-11-18-10-5-7-15(14)18/h3-4,6,8,12,14-15,17H,5,7,9-11H2,1-2H3/t12-,14?,15?/m0/s1. The van der Waals surface area contributed by atoms with Gasteiger partial charge in [-0.05, 0) is 38.8 Å². The Balaban J connectivity index is 1.69. The minimum absolute atomic E-state index is 0.349. The van der Waals surface area contributed by atoms with E-state index in [0.717, 1.165) is 11.8 Å². The van der Waals surface area contributed by atoms with Crippen molar-refractivity contribution < 1.29 is 4.74 Å². The molecular formula is C16H24N2O. The number of rotatable bonds is 4. The Morgan fingerprint density at radius 1 is 1.26 bits per heavy atom. The number of benzene rings is 1. The van der Waals surface area contributed by atoms with Crippen LogP contribution in [0, 0.1) is 0 Å². The average molecular weight is 260 g/mol. The second-order valence-corrected chi connectivity index (χ2v) is 5.77. The minimum Gasteiger partial charge on any atom is -0.496 e. The molecule has 104 valence electrons. The van der Waals surface area contributed by atoms with E-state index in [0.29, 0.717) is 12.1 Å². The van der Waals surface area contributed by atoms with E-state index >= 15 is 0 Å². The Hall–Kier alpha value is -1.06. The second-order valence-electron chi connectivity index (χ2n) is 5.77. The largest absolute Gasteiger partial charge is 0.496 e. The van der Waals surface area contributed by atoms with Crippen molar-refractivity contribution in [3.8, 4) is 5.75 Å². The van der Waals surface area contributed by atoms with Crippen LogP contribution in [0.25, 0.3) is 0 Å². The van der Waals surface area contributed by atoms with Crippen LogP contribution in [0.3, 0.4) is 0 Å². The summed E-state index contributed by atoms with van der Waals surface area (Å²) in [5, 5.41) is 3.82. The zero-order valence-corrected chi connectivity index (χ0v) is 11.9. The van der Waals surface area contributed by atoms with Crippen LogP contribution in [-0.2, 0) is 0 Å². The molecule has 0 bridgehead atoms. The SMILES string of the molecule is COc1ccccc1[C@H](C)NC1CCN2CCCC12. The van der Waals surface area contributed by atoms with Crippen LogP contribution in [0.5, 0.6) is 5.75 Å². The zero-order valence-electron chi connectivity index (χ0n) is 11.9. The van der Waals surface area contributed by atoms with Crippen molar-refractivity contribution in [1.29, 1.82) is 0 Å². The molecule has 0 aliphatic carbocycles. The average Bonchev–Trinajstić information content (AvgIpc) is 3.03. The monoisotopic (exact) mass is 260 g/mol. The fourth-order valence-electron chi connectivity index (χ4n) is 3.71. The molecule has 2 unspecified atom stereocenters. The lowest BCUT2D eigenvalue weighted by molar-refractivity contribution is 0.290. The van der Waals surface area contributed by atoms with E-state index in [9.17, 15) is 0 Å². The van der Waals surface area contributed by atoms with Crippen molar-refractivity contribution >= 4 is 0 Å². The van der Waals surface area contributed by atoms with E-state index < -0.39 is 0 Å². The zero-order chi connectivity index (χ0) is 13.2. The number of hydrogen-bond acceptors (Lipinski definition) is 3. The number of ether oxygens (including phenoxy) is 1. The molecule has 2 saturated heterocycles. The third kappa shape index (κ3) is 2.49. The molecular weight excluding hydrogens is 236 g/mol. The number of nitrogens with one attached hydrogen (secondary N) is 1. The third-order valence-electron chi connectivity index (χ3n) is 4.68. The molecule has 0 spiro atoms. The molecule has 0 saturated carbocycles. The fourth-order valence-corrected chi connectivity index (χ4v) is 3.71. The lowest BCUT2D eigenvalue weighted by Gasteiger charge is -2.26. The molecule has 2 heterocycles. The summed E-state index contributed by atoms with van der Waals surface area (Å²) < 4.78 is 5.47. The first-order valence-corrected chi connectivity index (χ1v) is 7.42. The van der Waals surface area contributed by atoms with Gasteiger partial charge in [0.1, 0.15) is 5.75 Å². The summed E-state index contributed by atoms with van der Waals surface area (Å²) in [6.45, 7) is 4.81. The summed E-state index contributed by atoms with van der Waals surface area (Å²) in [5.41, 5.74) is 1.27. The number of nitrogens with zero attached hydrogens (tertiary/aromatic N) is 1. The molecule has 3 nitrogen and oxygen atoms in total. The van der Waals surface area contributed by atoms with Crippen molar-refractivity contribution in [1.82, 2.24) is 10.2 Å². The lowest BCUT2D eigenvalue weighted by Crippen LogP contribution is -2.40. The van der Waals surface area contributed by atoms with Gasteiger partial charge in [0.2, 0.25) is 0 Å². The Morgan fingerprint density at radius 2 is 2.11 bits per heavy atom. The summed E-state index contributed by atoms with van der Waals surface area (Å²) in [7, 11) is 1.75. The maximum absolute atomic E-state index is 5.47. The highest BCUT2D eigenvalue weighted by Crippen LogP contribution is 2.31. The Kier molecular flexibility index (Phi) is 3.76. The molecule has 19 heavy (non-hydrogen) atoms. The van der Waals surface area contributed by atoms with Crippen molar-refractivity contribution in [2.24, 2.45) is 0 Å². The molecule has 0 radical (unpaired) electrons. The highest BCUT2D eigenvalue weighted by Gasteiger charge is 2.37. The predicted octanol–water partition coefficient (Wildman–Crippen LogP) is 2.58. The first kappa shape index (κ1) is 12.9. The number of methoxy groups -OCH3 is 1. The molecule has 1 N–H and O–H groups in total. The molecule has 3 heteroatoms. The third-order valence-corrected chi connectivity index (χ3v) is 4.68. The molecule has 2 fully saturated rings. The van der Waals surface area contributed by atoms with Crippen LogP contribution >= 0.6 is 0 Å². The Labute approximate surface area is 115 Å². The van der Waals surface area contributed by atoms with E-state index in [1.54, 1.807) is 7.11 Å². The topological polar surface area (TPSA) is 24.5 Å². The highest BCUT2D eigenvalue weighted by molar-refractivity contribution is 5.35. The number of fused-ring (bicyclic) bond motifs is 1. The smallest absolute Gasteiger partial charge is 0.123 e. The van der Waals surface area contributed by atoms with Gasteiger partial charge in [-0.25, -0.2) is 0 Å². The summed E-state index contributed by atoms with van der Waals surface area (Å²) in [5.74, 6) is 0.990. The first-order valence-electron chi connectivity index (χ1n) is 7.42. The van der Waals surface area contributed by atoms with Gasteiger partial charge >= 0.3 is 0 Å². The van der Waals surface area contributed by atoms with E-state index in [2.05, 4.69) is 29.3 Å².